The van der Waals surface area contributed by atoms with Gasteiger partial charge in [-0.3, -0.25) is 0 Å². The Hall–Kier alpha value is -0.900. The van der Waals surface area contributed by atoms with Gasteiger partial charge in [0.05, 0.1) is 0 Å². The van der Waals surface area contributed by atoms with Crippen molar-refractivity contribution in [3.63, 3.8) is 0 Å². The Kier molecular flexibility index (Phi) is 3.26. The molecule has 0 aliphatic heterocycles. The van der Waals surface area contributed by atoms with Gasteiger partial charge in [0.1, 0.15) is 11.6 Å². The Bertz CT molecular complexity index is 419. The fourth-order valence-corrected chi connectivity index (χ4v) is 2.68. The van der Waals surface area contributed by atoms with Gasteiger partial charge in [0.2, 0.25) is 0 Å². The van der Waals surface area contributed by atoms with Crippen LogP contribution in [0, 0.1) is 6.92 Å². The van der Waals surface area contributed by atoms with Crippen LogP contribution in [0.1, 0.15) is 71.1 Å². The summed E-state index contributed by atoms with van der Waals surface area (Å²) in [5.41, 5.74) is 5.84. The lowest BCUT2D eigenvalue weighted by atomic mass is 9.74. The summed E-state index contributed by atoms with van der Waals surface area (Å²) in [5.74, 6) is 2.06. The molecule has 4 heteroatoms. The van der Waals surface area contributed by atoms with Crippen LogP contribution < -0.4 is 5.73 Å². The number of aromatic nitrogens is 3. The SMILES string of the molecule is Cc1nnc(C(C)(C)C(C)(C)N)n1C1CCCC1. The van der Waals surface area contributed by atoms with Crippen molar-refractivity contribution in [2.45, 2.75) is 77.3 Å². The summed E-state index contributed by atoms with van der Waals surface area (Å²) in [6, 6.07) is 0.566. The Morgan fingerprint density at radius 2 is 1.67 bits per heavy atom. The predicted octanol–water partition coefficient (Wildman–Crippen LogP) is 2.72. The van der Waals surface area contributed by atoms with E-state index in [0.29, 0.717) is 6.04 Å². The molecule has 0 spiro atoms. The van der Waals surface area contributed by atoms with Crippen molar-refractivity contribution in [2.75, 3.05) is 0 Å². The molecular formula is C14H26N4. The van der Waals surface area contributed by atoms with Crippen LogP contribution >= 0.6 is 0 Å². The lowest BCUT2D eigenvalue weighted by molar-refractivity contribution is 0.273. The van der Waals surface area contributed by atoms with Crippen LogP contribution in [0.5, 0.6) is 0 Å². The monoisotopic (exact) mass is 250 g/mol. The van der Waals surface area contributed by atoms with Crippen molar-refractivity contribution in [1.82, 2.24) is 14.8 Å². The molecule has 0 atom stereocenters. The topological polar surface area (TPSA) is 56.7 Å². The predicted molar refractivity (Wildman–Crippen MR) is 73.6 cm³/mol. The number of rotatable bonds is 3. The van der Waals surface area contributed by atoms with Crippen molar-refractivity contribution in [3.8, 4) is 0 Å². The van der Waals surface area contributed by atoms with Gasteiger partial charge in [0.15, 0.2) is 0 Å². The first-order valence-corrected chi connectivity index (χ1v) is 6.96. The summed E-state index contributed by atoms with van der Waals surface area (Å²) in [4.78, 5) is 0. The number of hydrogen-bond donors (Lipinski definition) is 1. The Labute approximate surface area is 110 Å². The molecule has 0 aromatic carbocycles. The molecule has 0 radical (unpaired) electrons. The van der Waals surface area contributed by atoms with E-state index >= 15 is 0 Å². The third kappa shape index (κ3) is 2.07. The van der Waals surface area contributed by atoms with Crippen LogP contribution in [0.3, 0.4) is 0 Å². The van der Waals surface area contributed by atoms with Gasteiger partial charge in [-0.25, -0.2) is 0 Å². The highest BCUT2D eigenvalue weighted by molar-refractivity contribution is 5.16. The highest BCUT2D eigenvalue weighted by Gasteiger charge is 2.41. The Balaban J connectivity index is 2.46. The van der Waals surface area contributed by atoms with Gasteiger partial charge in [0.25, 0.3) is 0 Å². The highest BCUT2D eigenvalue weighted by atomic mass is 15.3. The van der Waals surface area contributed by atoms with E-state index in [4.69, 9.17) is 5.73 Å². The van der Waals surface area contributed by atoms with Crippen molar-refractivity contribution in [1.29, 1.82) is 0 Å². The molecule has 2 N–H and O–H groups in total. The molecule has 102 valence electrons. The molecular weight excluding hydrogens is 224 g/mol. The first kappa shape index (κ1) is 13.5. The summed E-state index contributed by atoms with van der Waals surface area (Å²) >= 11 is 0. The van der Waals surface area contributed by atoms with E-state index in [1.54, 1.807) is 0 Å². The zero-order valence-corrected chi connectivity index (χ0v) is 12.3. The van der Waals surface area contributed by atoms with Crippen molar-refractivity contribution in [3.05, 3.63) is 11.6 Å². The van der Waals surface area contributed by atoms with Crippen LogP contribution in [-0.2, 0) is 5.41 Å². The van der Waals surface area contributed by atoms with E-state index in [-0.39, 0.29) is 11.0 Å². The molecule has 1 aliphatic rings. The van der Waals surface area contributed by atoms with E-state index < -0.39 is 0 Å². The minimum atomic E-state index is -0.317. The largest absolute Gasteiger partial charge is 0.325 e. The van der Waals surface area contributed by atoms with Gasteiger partial charge in [-0.2, -0.15) is 0 Å². The molecule has 0 saturated heterocycles. The average Bonchev–Trinajstić information content (AvgIpc) is 2.83. The normalized spacial score (nSPS) is 18.6. The molecule has 0 amide bonds. The molecule has 1 aliphatic carbocycles. The van der Waals surface area contributed by atoms with E-state index in [9.17, 15) is 0 Å². The van der Waals surface area contributed by atoms with E-state index in [0.717, 1.165) is 11.6 Å². The lowest BCUT2D eigenvalue weighted by Crippen LogP contribution is -2.51. The molecule has 1 heterocycles. The number of aryl methyl sites for hydroxylation is 1. The molecule has 4 nitrogen and oxygen atoms in total. The highest BCUT2D eigenvalue weighted by Crippen LogP contribution is 2.37. The minimum Gasteiger partial charge on any atom is -0.325 e. The zero-order chi connectivity index (χ0) is 13.6. The Morgan fingerprint density at radius 1 is 1.11 bits per heavy atom. The maximum absolute atomic E-state index is 6.34. The second kappa shape index (κ2) is 4.34. The number of nitrogens with two attached hydrogens (primary N) is 1. The number of nitrogens with zero attached hydrogens (tertiary/aromatic N) is 3. The third-order valence-electron chi connectivity index (χ3n) is 4.73. The van der Waals surface area contributed by atoms with E-state index in [1.807, 2.05) is 0 Å². The van der Waals surface area contributed by atoms with Crippen molar-refractivity contribution in [2.24, 2.45) is 5.73 Å². The van der Waals surface area contributed by atoms with Gasteiger partial charge in [0, 0.05) is 17.0 Å². The average molecular weight is 250 g/mol. The van der Waals surface area contributed by atoms with Crippen molar-refractivity contribution >= 4 is 0 Å². The minimum absolute atomic E-state index is 0.184. The molecule has 0 bridgehead atoms. The van der Waals surface area contributed by atoms with Gasteiger partial charge in [-0.15, -0.1) is 10.2 Å². The summed E-state index contributed by atoms with van der Waals surface area (Å²) in [6.07, 6.45) is 5.11. The standard InChI is InChI=1S/C14H26N4/c1-10-16-17-12(13(2,3)14(4,5)15)18(10)11-8-6-7-9-11/h11H,6-9,15H2,1-5H3. The van der Waals surface area contributed by atoms with Crippen LogP contribution in [0.15, 0.2) is 0 Å². The van der Waals surface area contributed by atoms with Crippen LogP contribution in [-0.4, -0.2) is 20.3 Å². The van der Waals surface area contributed by atoms with E-state index in [2.05, 4.69) is 49.4 Å². The molecule has 1 fully saturated rings. The third-order valence-corrected chi connectivity index (χ3v) is 4.73. The summed E-state index contributed by atoms with van der Waals surface area (Å²) in [5, 5.41) is 8.73. The number of hydrogen-bond acceptors (Lipinski definition) is 3. The molecule has 1 aromatic rings. The first-order valence-electron chi connectivity index (χ1n) is 6.96. The molecule has 0 unspecified atom stereocenters. The Morgan fingerprint density at radius 3 is 2.17 bits per heavy atom. The van der Waals surface area contributed by atoms with Gasteiger partial charge < -0.3 is 10.3 Å². The maximum atomic E-state index is 6.34. The summed E-state index contributed by atoms with van der Waals surface area (Å²) in [7, 11) is 0. The second-order valence-electron chi connectivity index (χ2n) is 6.73. The van der Waals surface area contributed by atoms with Gasteiger partial charge in [-0.1, -0.05) is 26.7 Å². The summed E-state index contributed by atoms with van der Waals surface area (Å²) in [6.45, 7) is 10.5. The molecule has 18 heavy (non-hydrogen) atoms. The lowest BCUT2D eigenvalue weighted by Gasteiger charge is -2.38. The van der Waals surface area contributed by atoms with Crippen molar-refractivity contribution < 1.29 is 0 Å². The molecule has 1 saturated carbocycles. The maximum Gasteiger partial charge on any atom is 0.140 e. The van der Waals surface area contributed by atoms with Crippen LogP contribution in [0.25, 0.3) is 0 Å². The van der Waals surface area contributed by atoms with E-state index in [1.165, 1.54) is 25.7 Å². The quantitative estimate of drug-likeness (QED) is 0.897. The fraction of sp³-hybridized carbons (Fsp3) is 0.857. The second-order valence-corrected chi connectivity index (χ2v) is 6.73. The smallest absolute Gasteiger partial charge is 0.140 e. The first-order chi connectivity index (χ1) is 8.25. The van der Waals surface area contributed by atoms with Crippen LogP contribution in [0.4, 0.5) is 0 Å². The van der Waals surface area contributed by atoms with Crippen LogP contribution in [0.2, 0.25) is 0 Å². The summed E-state index contributed by atoms with van der Waals surface area (Å²) < 4.78 is 2.33. The van der Waals surface area contributed by atoms with Gasteiger partial charge >= 0.3 is 0 Å². The zero-order valence-electron chi connectivity index (χ0n) is 12.3. The molecule has 1 aromatic heterocycles. The van der Waals surface area contributed by atoms with Gasteiger partial charge in [-0.05, 0) is 33.6 Å². The molecule has 2 rings (SSSR count). The fourth-order valence-electron chi connectivity index (χ4n) is 2.68.